The highest BCUT2D eigenvalue weighted by Gasteiger charge is 2.27. The lowest BCUT2D eigenvalue weighted by Gasteiger charge is -2.23. The molecule has 0 radical (unpaired) electrons. The molecule has 0 aromatic heterocycles. The van der Waals surface area contributed by atoms with E-state index in [1.54, 1.807) is 19.2 Å². The predicted octanol–water partition coefficient (Wildman–Crippen LogP) is 2.97. The fraction of sp³-hybridized carbons (Fsp3) is 0.500. The lowest BCUT2D eigenvalue weighted by atomic mass is 10.1. The standard InChI is InChI=1S/C16H22N2O4S.C4H7NS/c1-11-6-5-7-18(11)15(19)12-8-13(16(20)22-3)10-14(9-12)17(2)23(4)21;1-4-2-6-3-5-4/h8-11H,5-7H2,1-4H3;2,5H,3H2,1H3/t11-,23?;/m0./s1. The van der Waals surface area contributed by atoms with Gasteiger partial charge in [0.2, 0.25) is 0 Å². The van der Waals surface area contributed by atoms with Crippen LogP contribution in [-0.4, -0.2) is 59.9 Å². The Balaban J connectivity index is 0.000000426. The number of carbonyl (C=O) groups is 2. The highest BCUT2D eigenvalue weighted by atomic mass is 32.2. The molecule has 0 bridgehead atoms. The molecule has 29 heavy (non-hydrogen) atoms. The molecule has 160 valence electrons. The summed E-state index contributed by atoms with van der Waals surface area (Å²) < 4.78 is 18.0. The van der Waals surface area contributed by atoms with Crippen molar-refractivity contribution in [2.75, 3.05) is 37.1 Å². The number of amides is 1. The van der Waals surface area contributed by atoms with Crippen molar-refractivity contribution in [3.8, 4) is 0 Å². The van der Waals surface area contributed by atoms with E-state index in [4.69, 9.17) is 4.74 Å². The summed E-state index contributed by atoms with van der Waals surface area (Å²) in [5, 5.41) is 5.27. The van der Waals surface area contributed by atoms with E-state index in [2.05, 4.69) is 17.6 Å². The van der Waals surface area contributed by atoms with Gasteiger partial charge in [-0.1, -0.05) is 0 Å². The Morgan fingerprint density at radius 3 is 2.45 bits per heavy atom. The van der Waals surface area contributed by atoms with E-state index in [0.29, 0.717) is 17.8 Å². The molecule has 1 amide bonds. The van der Waals surface area contributed by atoms with Crippen molar-refractivity contribution >= 4 is 40.3 Å². The number of rotatable bonds is 4. The Morgan fingerprint density at radius 1 is 1.31 bits per heavy atom. The van der Waals surface area contributed by atoms with Crippen molar-refractivity contribution in [1.29, 1.82) is 0 Å². The monoisotopic (exact) mass is 439 g/mol. The number of nitrogens with zero attached hydrogens (tertiary/aromatic N) is 2. The van der Waals surface area contributed by atoms with Crippen LogP contribution in [0.1, 0.15) is 47.4 Å². The molecule has 1 N–H and O–H groups in total. The summed E-state index contributed by atoms with van der Waals surface area (Å²) in [7, 11) is 1.69. The third-order valence-electron chi connectivity index (χ3n) is 4.84. The number of likely N-dealkylation sites (tertiary alicyclic amines) is 1. The van der Waals surface area contributed by atoms with Gasteiger partial charge < -0.3 is 15.0 Å². The van der Waals surface area contributed by atoms with Gasteiger partial charge in [0, 0.05) is 37.2 Å². The zero-order chi connectivity index (χ0) is 21.6. The lowest BCUT2D eigenvalue weighted by Crippen LogP contribution is -2.34. The molecule has 1 unspecified atom stereocenters. The zero-order valence-electron chi connectivity index (χ0n) is 17.6. The molecule has 2 aliphatic heterocycles. The summed E-state index contributed by atoms with van der Waals surface area (Å²) in [5.74, 6) is 0.425. The van der Waals surface area contributed by atoms with Gasteiger partial charge in [0.05, 0.1) is 24.2 Å². The Bertz CT molecular complexity index is 813. The van der Waals surface area contributed by atoms with E-state index < -0.39 is 17.0 Å². The number of esters is 1. The van der Waals surface area contributed by atoms with Gasteiger partial charge in [0.25, 0.3) is 5.91 Å². The van der Waals surface area contributed by atoms with E-state index in [1.807, 2.05) is 23.6 Å². The van der Waals surface area contributed by atoms with Crippen LogP contribution in [0.15, 0.2) is 29.3 Å². The summed E-state index contributed by atoms with van der Waals surface area (Å²) >= 11 is 1.81. The molecular formula is C20H29N3O4S2. The maximum atomic E-state index is 12.7. The number of benzene rings is 1. The number of methoxy groups -OCH3 is 1. The van der Waals surface area contributed by atoms with Gasteiger partial charge in [-0.25, -0.2) is 9.00 Å². The van der Waals surface area contributed by atoms with Crippen LogP contribution in [0.5, 0.6) is 0 Å². The first-order valence-corrected chi connectivity index (χ1v) is 11.9. The van der Waals surface area contributed by atoms with Crippen LogP contribution in [0.2, 0.25) is 0 Å². The summed E-state index contributed by atoms with van der Waals surface area (Å²) in [4.78, 5) is 26.4. The van der Waals surface area contributed by atoms with Crippen molar-refractivity contribution in [3.63, 3.8) is 0 Å². The molecule has 0 aliphatic carbocycles. The van der Waals surface area contributed by atoms with Gasteiger partial charge >= 0.3 is 5.97 Å². The molecule has 1 aromatic rings. The second-order valence-electron chi connectivity index (χ2n) is 6.96. The van der Waals surface area contributed by atoms with Gasteiger partial charge in [0.1, 0.15) is 11.0 Å². The molecule has 1 fully saturated rings. The number of hydrogen-bond acceptors (Lipinski definition) is 6. The molecule has 2 aliphatic rings. The smallest absolute Gasteiger partial charge is 0.337 e. The third kappa shape index (κ3) is 6.24. The maximum Gasteiger partial charge on any atom is 0.337 e. The second kappa shape index (κ2) is 10.7. The Kier molecular flexibility index (Phi) is 8.58. The number of allylic oxidation sites excluding steroid dienone is 1. The fourth-order valence-electron chi connectivity index (χ4n) is 3.07. The van der Waals surface area contributed by atoms with Gasteiger partial charge in [0.15, 0.2) is 0 Å². The SMILES string of the molecule is CC1=CSCN1.COC(=O)c1cc(C(=O)N2CCC[C@@H]2C)cc(N(C)S(C)=O)c1. The largest absolute Gasteiger partial charge is 0.465 e. The van der Waals surface area contributed by atoms with Crippen molar-refractivity contribution in [2.45, 2.75) is 32.7 Å². The number of hydrogen-bond donors (Lipinski definition) is 1. The maximum absolute atomic E-state index is 12.7. The summed E-state index contributed by atoms with van der Waals surface area (Å²) in [6.07, 6.45) is 3.50. The Labute approximate surface area is 179 Å². The van der Waals surface area contributed by atoms with Crippen molar-refractivity contribution < 1.29 is 18.5 Å². The number of anilines is 1. The first kappa shape index (κ1) is 23.3. The zero-order valence-corrected chi connectivity index (χ0v) is 19.2. The lowest BCUT2D eigenvalue weighted by molar-refractivity contribution is 0.0600. The van der Waals surface area contributed by atoms with Crippen LogP contribution in [0.3, 0.4) is 0 Å². The number of thioether (sulfide) groups is 1. The number of nitrogens with one attached hydrogen (secondary N) is 1. The van der Waals surface area contributed by atoms with E-state index in [9.17, 15) is 13.8 Å². The van der Waals surface area contributed by atoms with E-state index in [0.717, 1.165) is 18.7 Å². The topological polar surface area (TPSA) is 79.0 Å². The minimum Gasteiger partial charge on any atom is -0.465 e. The molecule has 3 rings (SSSR count). The minimum absolute atomic E-state index is 0.114. The highest BCUT2D eigenvalue weighted by molar-refractivity contribution is 8.02. The molecule has 1 saturated heterocycles. The first-order valence-electron chi connectivity index (χ1n) is 9.38. The van der Waals surface area contributed by atoms with Gasteiger partial charge in [-0.15, -0.1) is 11.8 Å². The van der Waals surface area contributed by atoms with Crippen molar-refractivity contribution in [2.24, 2.45) is 0 Å². The molecule has 2 atom stereocenters. The van der Waals surface area contributed by atoms with Crippen LogP contribution >= 0.6 is 11.8 Å². The summed E-state index contributed by atoms with van der Waals surface area (Å²) in [6, 6.07) is 4.97. The molecule has 9 heteroatoms. The van der Waals surface area contributed by atoms with Gasteiger partial charge in [-0.3, -0.25) is 9.10 Å². The molecule has 0 saturated carbocycles. The Hall–Kier alpha value is -2.00. The molecule has 0 spiro atoms. The first-order chi connectivity index (χ1) is 13.7. The van der Waals surface area contributed by atoms with Gasteiger partial charge in [-0.2, -0.15) is 0 Å². The highest BCUT2D eigenvalue weighted by Crippen LogP contribution is 2.24. The average molecular weight is 440 g/mol. The van der Waals surface area contributed by atoms with Crippen LogP contribution in [0, 0.1) is 0 Å². The van der Waals surface area contributed by atoms with Crippen molar-refractivity contribution in [3.05, 3.63) is 40.4 Å². The van der Waals surface area contributed by atoms with Crippen molar-refractivity contribution in [1.82, 2.24) is 10.2 Å². The minimum atomic E-state index is -1.26. The number of carbonyl (C=O) groups excluding carboxylic acids is 2. The summed E-state index contributed by atoms with van der Waals surface area (Å²) in [6.45, 7) is 4.80. The molecule has 1 aromatic carbocycles. The van der Waals surface area contributed by atoms with Crippen LogP contribution in [0.4, 0.5) is 5.69 Å². The Morgan fingerprint density at radius 2 is 2.00 bits per heavy atom. The normalized spacial score (nSPS) is 18.9. The fourth-order valence-corrected chi connectivity index (χ4v) is 4.20. The van der Waals surface area contributed by atoms with E-state index in [-0.39, 0.29) is 17.5 Å². The van der Waals surface area contributed by atoms with Crippen LogP contribution < -0.4 is 9.62 Å². The second-order valence-corrected chi connectivity index (χ2v) is 9.21. The van der Waals surface area contributed by atoms with Gasteiger partial charge in [-0.05, 0) is 50.3 Å². The molecule has 7 nitrogen and oxygen atoms in total. The molecular weight excluding hydrogens is 410 g/mol. The third-order valence-corrected chi connectivity index (χ3v) is 6.66. The predicted molar refractivity (Wildman–Crippen MR) is 119 cm³/mol. The van der Waals surface area contributed by atoms with Crippen LogP contribution in [-0.2, 0) is 15.7 Å². The average Bonchev–Trinajstić information content (AvgIpc) is 3.36. The summed E-state index contributed by atoms with van der Waals surface area (Å²) in [5.41, 5.74) is 2.52. The quantitative estimate of drug-likeness (QED) is 0.727. The van der Waals surface area contributed by atoms with Crippen LogP contribution in [0.25, 0.3) is 0 Å². The molecule has 2 heterocycles. The number of ether oxygens (including phenoxy) is 1. The van der Waals surface area contributed by atoms with E-state index in [1.165, 1.54) is 29.4 Å². The van der Waals surface area contributed by atoms with E-state index >= 15 is 0 Å².